The Bertz CT molecular complexity index is 577. The maximum atomic E-state index is 11.4. The number of benzene rings is 1. The van der Waals surface area contributed by atoms with Crippen molar-refractivity contribution in [1.29, 1.82) is 0 Å². The first kappa shape index (κ1) is 18.8. The largest absolute Gasteiger partial charge is 0.494 e. The summed E-state index contributed by atoms with van der Waals surface area (Å²) in [6.45, 7) is 1.48. The molecule has 0 bridgehead atoms. The lowest BCUT2D eigenvalue weighted by atomic mass is 10.2. The SMILES string of the molecule is Cc1cc(OCCCC(=O)OCC(=O)NCC(N)=O)ccc1Cl. The molecule has 0 atom stereocenters. The number of carbonyl (C=O) groups is 3. The summed E-state index contributed by atoms with van der Waals surface area (Å²) in [6.07, 6.45) is 0.569. The van der Waals surface area contributed by atoms with Gasteiger partial charge in [0.15, 0.2) is 6.61 Å². The van der Waals surface area contributed by atoms with Crippen LogP contribution in [0.2, 0.25) is 5.02 Å². The van der Waals surface area contributed by atoms with Gasteiger partial charge < -0.3 is 20.5 Å². The lowest BCUT2D eigenvalue weighted by Gasteiger charge is -2.08. The highest BCUT2D eigenvalue weighted by Crippen LogP contribution is 2.21. The third-order valence-corrected chi connectivity index (χ3v) is 3.17. The van der Waals surface area contributed by atoms with E-state index in [1.54, 1.807) is 12.1 Å². The van der Waals surface area contributed by atoms with Gasteiger partial charge in [0, 0.05) is 11.4 Å². The topological polar surface area (TPSA) is 108 Å². The molecule has 23 heavy (non-hydrogen) atoms. The fraction of sp³-hybridized carbons (Fsp3) is 0.400. The van der Waals surface area contributed by atoms with Gasteiger partial charge in [-0.25, -0.2) is 0 Å². The molecule has 0 radical (unpaired) electrons. The number of hydrogen-bond donors (Lipinski definition) is 2. The molecule has 3 N–H and O–H groups in total. The van der Waals surface area contributed by atoms with Gasteiger partial charge in [-0.1, -0.05) is 11.6 Å². The maximum absolute atomic E-state index is 11.4. The molecule has 0 heterocycles. The van der Waals surface area contributed by atoms with Crippen LogP contribution in [0.4, 0.5) is 0 Å². The minimum atomic E-state index is -0.667. The fourth-order valence-electron chi connectivity index (χ4n) is 1.57. The van der Waals surface area contributed by atoms with Crippen LogP contribution in [0.25, 0.3) is 0 Å². The van der Waals surface area contributed by atoms with Gasteiger partial charge in [-0.2, -0.15) is 0 Å². The lowest BCUT2D eigenvalue weighted by Crippen LogP contribution is -2.35. The number of aryl methyl sites for hydroxylation is 1. The van der Waals surface area contributed by atoms with Crippen LogP contribution in [0.1, 0.15) is 18.4 Å². The number of carbonyl (C=O) groups excluding carboxylic acids is 3. The van der Waals surface area contributed by atoms with Crippen LogP contribution in [0.3, 0.4) is 0 Å². The summed E-state index contributed by atoms with van der Waals surface area (Å²) in [7, 11) is 0. The Morgan fingerprint density at radius 1 is 1.30 bits per heavy atom. The van der Waals surface area contributed by atoms with Crippen LogP contribution in [-0.4, -0.2) is 37.5 Å². The third-order valence-electron chi connectivity index (χ3n) is 2.75. The van der Waals surface area contributed by atoms with E-state index in [1.807, 2.05) is 13.0 Å². The monoisotopic (exact) mass is 342 g/mol. The molecular weight excluding hydrogens is 324 g/mol. The molecule has 0 saturated heterocycles. The first-order valence-corrected chi connectivity index (χ1v) is 7.36. The van der Waals surface area contributed by atoms with Crippen molar-refractivity contribution in [3.8, 4) is 5.75 Å². The van der Waals surface area contributed by atoms with Crippen molar-refractivity contribution in [2.45, 2.75) is 19.8 Å². The third kappa shape index (κ3) is 8.06. The van der Waals surface area contributed by atoms with Crippen molar-refractivity contribution in [3.05, 3.63) is 28.8 Å². The van der Waals surface area contributed by atoms with Crippen LogP contribution in [0, 0.1) is 6.92 Å². The zero-order valence-corrected chi connectivity index (χ0v) is 13.5. The number of amides is 2. The Morgan fingerprint density at radius 3 is 2.70 bits per heavy atom. The van der Waals surface area contributed by atoms with Gasteiger partial charge in [-0.05, 0) is 37.1 Å². The lowest BCUT2D eigenvalue weighted by molar-refractivity contribution is -0.148. The smallest absolute Gasteiger partial charge is 0.306 e. The molecule has 0 aliphatic rings. The van der Waals surface area contributed by atoms with Gasteiger partial charge in [-0.3, -0.25) is 14.4 Å². The van der Waals surface area contributed by atoms with Crippen LogP contribution in [-0.2, 0) is 19.1 Å². The van der Waals surface area contributed by atoms with E-state index in [1.165, 1.54) is 0 Å². The van der Waals surface area contributed by atoms with Gasteiger partial charge in [0.2, 0.25) is 5.91 Å². The molecule has 8 heteroatoms. The summed E-state index contributed by atoms with van der Waals surface area (Å²) >= 11 is 5.91. The van der Waals surface area contributed by atoms with E-state index in [9.17, 15) is 14.4 Å². The predicted molar refractivity (Wildman–Crippen MR) is 84.1 cm³/mol. The maximum Gasteiger partial charge on any atom is 0.306 e. The summed E-state index contributed by atoms with van der Waals surface area (Å²) in [4.78, 5) is 33.1. The molecule has 0 fully saturated rings. The molecule has 0 aromatic heterocycles. The zero-order chi connectivity index (χ0) is 17.2. The molecule has 0 saturated carbocycles. The highest BCUT2D eigenvalue weighted by atomic mass is 35.5. The van der Waals surface area contributed by atoms with E-state index in [0.717, 1.165) is 5.56 Å². The van der Waals surface area contributed by atoms with Crippen molar-refractivity contribution in [3.63, 3.8) is 0 Å². The van der Waals surface area contributed by atoms with Crippen molar-refractivity contribution in [2.24, 2.45) is 5.73 Å². The van der Waals surface area contributed by atoms with E-state index in [4.69, 9.17) is 26.8 Å². The molecule has 1 aromatic rings. The average molecular weight is 343 g/mol. The van der Waals surface area contributed by atoms with Gasteiger partial charge in [0.1, 0.15) is 5.75 Å². The van der Waals surface area contributed by atoms with Crippen molar-refractivity contribution < 1.29 is 23.9 Å². The summed E-state index contributed by atoms with van der Waals surface area (Å²) in [5, 5.41) is 2.87. The number of halogens is 1. The van der Waals surface area contributed by atoms with Crippen LogP contribution < -0.4 is 15.8 Å². The quantitative estimate of drug-likeness (QED) is 0.513. The van der Waals surface area contributed by atoms with E-state index in [-0.39, 0.29) is 13.0 Å². The van der Waals surface area contributed by atoms with E-state index in [0.29, 0.717) is 23.8 Å². The summed E-state index contributed by atoms with van der Waals surface area (Å²) < 4.78 is 10.2. The summed E-state index contributed by atoms with van der Waals surface area (Å²) in [6, 6.07) is 5.30. The number of ether oxygens (including phenoxy) is 2. The van der Waals surface area contributed by atoms with Gasteiger partial charge in [0.25, 0.3) is 5.91 Å². The normalized spacial score (nSPS) is 10.0. The Hall–Kier alpha value is -2.28. The second-order valence-corrected chi connectivity index (χ2v) is 5.17. The van der Waals surface area contributed by atoms with E-state index >= 15 is 0 Å². The predicted octanol–water partition coefficient (Wildman–Crippen LogP) is 0.952. The van der Waals surface area contributed by atoms with Crippen molar-refractivity contribution in [1.82, 2.24) is 5.32 Å². The first-order valence-electron chi connectivity index (χ1n) is 6.98. The number of nitrogens with one attached hydrogen (secondary N) is 1. The molecule has 0 unspecified atom stereocenters. The number of rotatable bonds is 9. The Morgan fingerprint density at radius 2 is 2.04 bits per heavy atom. The summed E-state index contributed by atoms with van der Waals surface area (Å²) in [5.41, 5.74) is 5.77. The second-order valence-electron chi connectivity index (χ2n) is 4.77. The van der Waals surface area contributed by atoms with Crippen LogP contribution >= 0.6 is 11.6 Å². The first-order chi connectivity index (χ1) is 10.9. The Kier molecular flexibility index (Phi) is 7.90. The Labute approximate surface area is 139 Å². The zero-order valence-electron chi connectivity index (χ0n) is 12.8. The molecule has 1 aromatic carbocycles. The molecule has 126 valence electrons. The van der Waals surface area contributed by atoms with Crippen molar-refractivity contribution in [2.75, 3.05) is 19.8 Å². The minimum Gasteiger partial charge on any atom is -0.494 e. The summed E-state index contributed by atoms with van der Waals surface area (Å²) in [5.74, 6) is -1.09. The fourth-order valence-corrected chi connectivity index (χ4v) is 1.69. The van der Waals surface area contributed by atoms with E-state index < -0.39 is 24.4 Å². The van der Waals surface area contributed by atoms with Crippen LogP contribution in [0.15, 0.2) is 18.2 Å². The number of primary amides is 1. The number of hydrogen-bond acceptors (Lipinski definition) is 5. The molecular formula is C15H19ClN2O5. The highest BCUT2D eigenvalue weighted by Gasteiger charge is 2.08. The Balaban J connectivity index is 2.15. The van der Waals surface area contributed by atoms with Gasteiger partial charge >= 0.3 is 5.97 Å². The van der Waals surface area contributed by atoms with Gasteiger partial charge in [-0.15, -0.1) is 0 Å². The van der Waals surface area contributed by atoms with Crippen LogP contribution in [0.5, 0.6) is 5.75 Å². The molecule has 7 nitrogen and oxygen atoms in total. The highest BCUT2D eigenvalue weighted by molar-refractivity contribution is 6.31. The number of esters is 1. The molecule has 0 aliphatic carbocycles. The minimum absolute atomic E-state index is 0.121. The molecule has 0 aliphatic heterocycles. The molecule has 1 rings (SSSR count). The number of nitrogens with two attached hydrogens (primary N) is 1. The average Bonchev–Trinajstić information content (AvgIpc) is 2.50. The van der Waals surface area contributed by atoms with Gasteiger partial charge in [0.05, 0.1) is 13.2 Å². The molecule has 0 spiro atoms. The van der Waals surface area contributed by atoms with Crippen molar-refractivity contribution >= 4 is 29.4 Å². The van der Waals surface area contributed by atoms with E-state index in [2.05, 4.69) is 5.32 Å². The standard InChI is InChI=1S/C15H19ClN2O5/c1-10-7-11(4-5-12(10)16)22-6-2-3-15(21)23-9-14(20)18-8-13(17)19/h4-5,7H,2-3,6,8-9H2,1H3,(H2,17,19)(H,18,20). The second kappa shape index (κ2) is 9.68. The molecule has 2 amide bonds.